The standard InChI is InChI=1S/3C2H4O2.CH6O3Si/c3*1-2(3)4;1-5(2,3)4/h3*1H3,(H,3,4);2-4H,1H3/p-3. The Labute approximate surface area is 98.9 Å². The molecular formula is C7H15O9Si-3. The van der Waals surface area contributed by atoms with Gasteiger partial charge in [0.25, 0.3) is 0 Å². The highest BCUT2D eigenvalue weighted by molar-refractivity contribution is 6.54. The van der Waals surface area contributed by atoms with Gasteiger partial charge in [-0.2, -0.15) is 0 Å². The van der Waals surface area contributed by atoms with Gasteiger partial charge in [-0.05, 0) is 20.8 Å². The average molecular weight is 271 g/mol. The zero-order chi connectivity index (χ0) is 15.2. The van der Waals surface area contributed by atoms with Gasteiger partial charge in [0.15, 0.2) is 0 Å². The SMILES string of the molecule is CC(=O)[O-].CC(=O)[O-].CC(=O)[O-].C[Si](O)(O)O. The summed E-state index contributed by atoms with van der Waals surface area (Å²) in [6, 6.07) is 0. The van der Waals surface area contributed by atoms with E-state index in [1.54, 1.807) is 0 Å². The van der Waals surface area contributed by atoms with E-state index in [1.165, 1.54) is 0 Å². The highest BCUT2D eigenvalue weighted by atomic mass is 28.4. The van der Waals surface area contributed by atoms with Gasteiger partial charge in [-0.25, -0.2) is 0 Å². The van der Waals surface area contributed by atoms with Crippen LogP contribution < -0.4 is 15.3 Å². The maximum atomic E-state index is 8.89. The Kier molecular flexibility index (Phi) is 21.0. The fourth-order valence-electron chi connectivity index (χ4n) is 0. The van der Waals surface area contributed by atoms with Crippen molar-refractivity contribution in [3.05, 3.63) is 0 Å². The number of hydrogen-bond donors (Lipinski definition) is 3. The first-order valence-electron chi connectivity index (χ1n) is 3.90. The lowest BCUT2D eigenvalue weighted by Gasteiger charge is -1.95. The van der Waals surface area contributed by atoms with Crippen LogP contribution in [0.3, 0.4) is 0 Å². The van der Waals surface area contributed by atoms with Crippen molar-refractivity contribution in [2.75, 3.05) is 0 Å². The van der Waals surface area contributed by atoms with E-state index in [9.17, 15) is 0 Å². The van der Waals surface area contributed by atoms with Gasteiger partial charge in [-0.3, -0.25) is 0 Å². The van der Waals surface area contributed by atoms with Crippen LogP contribution >= 0.6 is 0 Å². The average Bonchev–Trinajstić information content (AvgIpc) is 1.73. The molecule has 0 aliphatic rings. The molecule has 0 saturated carbocycles. The van der Waals surface area contributed by atoms with Crippen molar-refractivity contribution >= 4 is 26.7 Å². The van der Waals surface area contributed by atoms with Crippen LogP contribution in [0.25, 0.3) is 0 Å². The summed E-state index contributed by atoms with van der Waals surface area (Å²) in [6.07, 6.45) is 0. The summed E-state index contributed by atoms with van der Waals surface area (Å²) >= 11 is 0. The van der Waals surface area contributed by atoms with E-state index in [1.807, 2.05) is 0 Å². The second kappa shape index (κ2) is 14.5. The van der Waals surface area contributed by atoms with E-state index in [4.69, 9.17) is 44.1 Å². The van der Waals surface area contributed by atoms with Crippen molar-refractivity contribution in [1.82, 2.24) is 0 Å². The smallest absolute Gasteiger partial charge is 0.489 e. The molecular weight excluding hydrogens is 256 g/mol. The molecule has 0 atom stereocenters. The summed E-state index contributed by atoms with van der Waals surface area (Å²) in [5.74, 6) is -3.25. The third-order valence-corrected chi connectivity index (χ3v) is 0. The molecule has 17 heavy (non-hydrogen) atoms. The number of carbonyl (C=O) groups is 3. The molecule has 0 unspecified atom stereocenters. The predicted molar refractivity (Wildman–Crippen MR) is 50.3 cm³/mol. The molecule has 0 radical (unpaired) electrons. The van der Waals surface area contributed by atoms with E-state index >= 15 is 0 Å². The van der Waals surface area contributed by atoms with Gasteiger partial charge in [-0.1, -0.05) is 0 Å². The summed E-state index contributed by atoms with van der Waals surface area (Å²) in [5, 5.41) is 26.7. The quantitative estimate of drug-likeness (QED) is 0.362. The number of carbonyl (C=O) groups excluding carboxylic acids is 3. The Morgan fingerprint density at radius 3 is 0.765 bits per heavy atom. The molecule has 0 aromatic heterocycles. The first-order valence-corrected chi connectivity index (χ1v) is 6.24. The molecule has 0 heterocycles. The molecule has 0 rings (SSSR count). The van der Waals surface area contributed by atoms with Gasteiger partial charge in [0.05, 0.1) is 0 Å². The molecule has 0 aliphatic heterocycles. The summed E-state index contributed by atoms with van der Waals surface area (Å²) < 4.78 is 0. The molecule has 0 amide bonds. The van der Waals surface area contributed by atoms with Crippen LogP contribution in [0.1, 0.15) is 20.8 Å². The molecule has 0 aromatic rings. The maximum absolute atomic E-state index is 8.89. The van der Waals surface area contributed by atoms with Gasteiger partial charge in [0.1, 0.15) is 0 Å². The molecule has 0 bridgehead atoms. The Morgan fingerprint density at radius 2 is 0.765 bits per heavy atom. The van der Waals surface area contributed by atoms with Crippen LogP contribution in [0, 0.1) is 0 Å². The Hall–Kier alpha value is -1.49. The van der Waals surface area contributed by atoms with E-state index in [0.717, 1.165) is 27.3 Å². The van der Waals surface area contributed by atoms with Crippen molar-refractivity contribution < 1.29 is 44.1 Å². The lowest BCUT2D eigenvalue weighted by molar-refractivity contribution is -0.303. The molecule has 0 fully saturated rings. The second-order valence-corrected chi connectivity index (χ2v) is 4.39. The van der Waals surface area contributed by atoms with Crippen molar-refractivity contribution in [3.8, 4) is 0 Å². The topological polar surface area (TPSA) is 181 Å². The fraction of sp³-hybridized carbons (Fsp3) is 0.571. The summed E-state index contributed by atoms with van der Waals surface area (Å²) in [4.78, 5) is 50.0. The summed E-state index contributed by atoms with van der Waals surface area (Å²) in [7, 11) is -3.61. The highest BCUT2D eigenvalue weighted by Crippen LogP contribution is 1.75. The molecule has 0 aliphatic carbocycles. The van der Waals surface area contributed by atoms with Crippen LogP contribution in [0.4, 0.5) is 0 Å². The lowest BCUT2D eigenvalue weighted by Crippen LogP contribution is -2.28. The number of aliphatic carboxylic acids is 3. The van der Waals surface area contributed by atoms with Crippen LogP contribution in [-0.2, 0) is 14.4 Å². The van der Waals surface area contributed by atoms with Crippen LogP contribution in [0.15, 0.2) is 0 Å². The molecule has 0 aromatic carbocycles. The van der Waals surface area contributed by atoms with Gasteiger partial charge in [0, 0.05) is 24.5 Å². The number of hydrogen-bond acceptors (Lipinski definition) is 9. The normalized spacial score (nSPS) is 7.94. The van der Waals surface area contributed by atoms with Crippen LogP contribution in [0.5, 0.6) is 0 Å². The van der Waals surface area contributed by atoms with E-state index in [-0.39, 0.29) is 0 Å². The minimum atomic E-state index is -3.61. The van der Waals surface area contributed by atoms with E-state index in [2.05, 4.69) is 0 Å². The molecule has 0 saturated heterocycles. The van der Waals surface area contributed by atoms with Gasteiger partial charge < -0.3 is 44.1 Å². The first kappa shape index (κ1) is 24.6. The van der Waals surface area contributed by atoms with Crippen molar-refractivity contribution in [2.45, 2.75) is 27.3 Å². The Bertz CT molecular complexity index is 173. The van der Waals surface area contributed by atoms with Crippen LogP contribution in [-0.4, -0.2) is 41.1 Å². The van der Waals surface area contributed by atoms with Gasteiger partial charge in [-0.15, -0.1) is 0 Å². The van der Waals surface area contributed by atoms with Crippen molar-refractivity contribution in [1.29, 1.82) is 0 Å². The fourth-order valence-corrected chi connectivity index (χ4v) is 0. The monoisotopic (exact) mass is 271 g/mol. The highest BCUT2D eigenvalue weighted by Gasteiger charge is 2.14. The van der Waals surface area contributed by atoms with Crippen molar-refractivity contribution in [2.24, 2.45) is 0 Å². The Morgan fingerprint density at radius 1 is 0.765 bits per heavy atom. The number of carboxylic acid groups (broad SMARTS) is 3. The minimum Gasteiger partial charge on any atom is -0.550 e. The molecule has 0 spiro atoms. The zero-order valence-electron chi connectivity index (χ0n) is 9.79. The van der Waals surface area contributed by atoms with Crippen molar-refractivity contribution in [3.63, 3.8) is 0 Å². The Balaban J connectivity index is -0.0000000667. The zero-order valence-corrected chi connectivity index (χ0v) is 10.8. The minimum absolute atomic E-state index is 0.972. The molecule has 9 nitrogen and oxygen atoms in total. The molecule has 3 N–H and O–H groups in total. The molecule has 104 valence electrons. The third kappa shape index (κ3) is 1020. The first-order chi connectivity index (χ1) is 7.20. The van der Waals surface area contributed by atoms with E-state index < -0.39 is 26.7 Å². The largest absolute Gasteiger partial charge is 0.550 e. The summed E-state index contributed by atoms with van der Waals surface area (Å²) in [6.45, 7) is 3.91. The third-order valence-electron chi connectivity index (χ3n) is 0. The molecule has 10 heteroatoms. The maximum Gasteiger partial charge on any atom is 0.489 e. The van der Waals surface area contributed by atoms with Gasteiger partial charge >= 0.3 is 8.80 Å². The summed E-state index contributed by atoms with van der Waals surface area (Å²) in [5.41, 5.74) is 0. The second-order valence-electron chi connectivity index (χ2n) is 2.45. The lowest BCUT2D eigenvalue weighted by atomic mass is 10.9. The van der Waals surface area contributed by atoms with Crippen LogP contribution in [0.2, 0.25) is 6.55 Å². The number of rotatable bonds is 0. The van der Waals surface area contributed by atoms with Gasteiger partial charge in [0.2, 0.25) is 0 Å². The predicted octanol–water partition coefficient (Wildman–Crippen LogP) is -5.20. The van der Waals surface area contributed by atoms with E-state index in [0.29, 0.717) is 0 Å². The number of carboxylic acids is 3.